The summed E-state index contributed by atoms with van der Waals surface area (Å²) in [6, 6.07) is 6.81. The van der Waals surface area contributed by atoms with Crippen LogP contribution in [0.15, 0.2) is 30.5 Å². The number of carbonyl (C=O) groups is 4. The Labute approximate surface area is 174 Å². The fourth-order valence-corrected chi connectivity index (χ4v) is 2.41. The molecule has 2 rings (SSSR count). The van der Waals surface area contributed by atoms with E-state index in [1.54, 1.807) is 13.2 Å². The van der Waals surface area contributed by atoms with Gasteiger partial charge in [-0.05, 0) is 18.1 Å². The van der Waals surface area contributed by atoms with E-state index >= 15 is 0 Å². The third-order valence-corrected chi connectivity index (χ3v) is 3.92. The molecular weight excluding hydrogens is 395 g/mol. The van der Waals surface area contributed by atoms with Crippen LogP contribution in [0.25, 0.3) is 10.9 Å². The first-order chi connectivity index (χ1) is 14.2. The highest BCUT2D eigenvalue weighted by atomic mass is 19.1. The van der Waals surface area contributed by atoms with Crippen molar-refractivity contribution in [3.05, 3.63) is 36.0 Å². The molecule has 0 saturated carbocycles. The summed E-state index contributed by atoms with van der Waals surface area (Å²) < 4.78 is 9.50. The van der Waals surface area contributed by atoms with Crippen LogP contribution in [0.5, 0.6) is 0 Å². The molecule has 0 fully saturated rings. The van der Waals surface area contributed by atoms with Crippen LogP contribution in [0.2, 0.25) is 0 Å². The molecule has 2 aromatic rings. The van der Waals surface area contributed by atoms with Crippen LogP contribution in [-0.4, -0.2) is 54.0 Å². The van der Waals surface area contributed by atoms with E-state index in [9.17, 15) is 23.6 Å². The van der Waals surface area contributed by atoms with Gasteiger partial charge in [0.15, 0.2) is 0 Å². The molecule has 0 bridgehead atoms. The number of aromatic amines is 1. The smallest absolute Gasteiger partial charge is 0.303 e. The Morgan fingerprint density at radius 2 is 1.77 bits per heavy atom. The van der Waals surface area contributed by atoms with Crippen molar-refractivity contribution in [3.63, 3.8) is 0 Å². The molecule has 0 spiro atoms. The van der Waals surface area contributed by atoms with Gasteiger partial charge >= 0.3 is 5.97 Å². The first-order valence-corrected chi connectivity index (χ1v) is 9.16. The first-order valence-electron chi connectivity index (χ1n) is 9.16. The van der Waals surface area contributed by atoms with Crippen LogP contribution in [0.1, 0.15) is 31.7 Å². The predicted octanol–water partition coefficient (Wildman–Crippen LogP) is 1.27. The summed E-state index contributed by atoms with van der Waals surface area (Å²) in [4.78, 5) is 46.6. The molecule has 0 saturated heterocycles. The lowest BCUT2D eigenvalue weighted by Gasteiger charge is -2.15. The Kier molecular flexibility index (Phi) is 12.9. The second kappa shape index (κ2) is 14.6. The van der Waals surface area contributed by atoms with Gasteiger partial charge in [-0.2, -0.15) is 0 Å². The number of hydrogen-bond acceptors (Lipinski definition) is 4. The van der Waals surface area contributed by atoms with Gasteiger partial charge in [-0.3, -0.25) is 23.6 Å². The lowest BCUT2D eigenvalue weighted by molar-refractivity contribution is -0.137. The Hall–Kier alpha value is -3.43. The van der Waals surface area contributed by atoms with Crippen LogP contribution < -0.4 is 16.4 Å². The molecule has 30 heavy (non-hydrogen) atoms. The van der Waals surface area contributed by atoms with Gasteiger partial charge in [0.25, 0.3) is 0 Å². The zero-order chi connectivity index (χ0) is 23.1. The number of amides is 3. The van der Waals surface area contributed by atoms with Gasteiger partial charge in [-0.25, -0.2) is 0 Å². The van der Waals surface area contributed by atoms with Crippen molar-refractivity contribution in [1.29, 1.82) is 0 Å². The van der Waals surface area contributed by atoms with E-state index in [0.717, 1.165) is 16.5 Å². The quantitative estimate of drug-likeness (QED) is 0.432. The number of carboxylic acid groups (broad SMARTS) is 1. The number of nitrogens with one attached hydrogen (secondary N) is 3. The summed E-state index contributed by atoms with van der Waals surface area (Å²) >= 11 is 0. The highest BCUT2D eigenvalue weighted by Crippen LogP contribution is 2.19. The number of fused-ring (bicyclic) bond motifs is 1. The van der Waals surface area contributed by atoms with Gasteiger partial charge in [-0.15, -0.1) is 0 Å². The molecule has 1 atom stereocenters. The molecule has 0 unspecified atom stereocenters. The van der Waals surface area contributed by atoms with Crippen LogP contribution in [-0.2, 0) is 25.6 Å². The number of carboxylic acids is 1. The summed E-state index contributed by atoms with van der Waals surface area (Å²) in [5.41, 5.74) is 7.19. The van der Waals surface area contributed by atoms with Crippen molar-refractivity contribution in [2.75, 3.05) is 14.2 Å². The molecule has 0 radical (unpaired) electrons. The lowest BCUT2D eigenvalue weighted by atomic mass is 10.0. The number of para-hydroxylation sites is 1. The summed E-state index contributed by atoms with van der Waals surface area (Å²) in [5.74, 6) is -1.95. The lowest BCUT2D eigenvalue weighted by Crippen LogP contribution is -2.45. The van der Waals surface area contributed by atoms with E-state index in [-0.39, 0.29) is 37.5 Å². The SMILES string of the molecule is CF.CNC(C)=O.NC(=O)[C@H](Cc1c[nH]c2ccccc12)NC(=O)CCCC(=O)O. The molecule has 0 aliphatic heterocycles. The summed E-state index contributed by atoms with van der Waals surface area (Å²) in [7, 11) is 2.10. The average Bonchev–Trinajstić information content (AvgIpc) is 3.12. The fourth-order valence-electron chi connectivity index (χ4n) is 2.41. The molecule has 1 heterocycles. The maximum Gasteiger partial charge on any atom is 0.303 e. The Balaban J connectivity index is 0.00000105. The minimum Gasteiger partial charge on any atom is -0.481 e. The average molecular weight is 424 g/mol. The highest BCUT2D eigenvalue weighted by Gasteiger charge is 2.20. The van der Waals surface area contributed by atoms with Gasteiger partial charge in [0.2, 0.25) is 17.7 Å². The van der Waals surface area contributed by atoms with E-state index in [4.69, 9.17) is 10.8 Å². The van der Waals surface area contributed by atoms with Crippen molar-refractivity contribution in [1.82, 2.24) is 15.6 Å². The van der Waals surface area contributed by atoms with Crippen molar-refractivity contribution < 1.29 is 28.7 Å². The Morgan fingerprint density at radius 1 is 1.17 bits per heavy atom. The molecular formula is C20H29FN4O5. The number of halogens is 1. The number of H-pyrrole nitrogens is 1. The van der Waals surface area contributed by atoms with Crippen LogP contribution in [0, 0.1) is 0 Å². The summed E-state index contributed by atoms with van der Waals surface area (Å²) in [5, 5.41) is 14.5. The van der Waals surface area contributed by atoms with Gasteiger partial charge < -0.3 is 26.5 Å². The molecule has 3 amide bonds. The van der Waals surface area contributed by atoms with Crippen molar-refractivity contribution >= 4 is 34.6 Å². The minimum absolute atomic E-state index is 0.00463. The molecule has 0 aliphatic carbocycles. The van der Waals surface area contributed by atoms with Crippen molar-refractivity contribution in [3.8, 4) is 0 Å². The number of benzene rings is 1. The van der Waals surface area contributed by atoms with Gasteiger partial charge in [0.05, 0.1) is 7.18 Å². The van der Waals surface area contributed by atoms with Gasteiger partial charge in [0.1, 0.15) is 6.04 Å². The summed E-state index contributed by atoms with van der Waals surface area (Å²) in [6.07, 6.45) is 2.25. The summed E-state index contributed by atoms with van der Waals surface area (Å²) in [6.45, 7) is 1.47. The maximum absolute atomic E-state index is 11.8. The van der Waals surface area contributed by atoms with Gasteiger partial charge in [0, 0.05) is 50.3 Å². The first kappa shape index (κ1) is 26.6. The third-order valence-electron chi connectivity index (χ3n) is 3.92. The number of nitrogens with two attached hydrogens (primary N) is 1. The van der Waals surface area contributed by atoms with E-state index in [2.05, 4.69) is 15.6 Å². The Bertz CT molecular complexity index is 837. The monoisotopic (exact) mass is 424 g/mol. The zero-order valence-electron chi connectivity index (χ0n) is 17.3. The van der Waals surface area contributed by atoms with E-state index in [0.29, 0.717) is 7.18 Å². The maximum atomic E-state index is 11.8. The number of hydrogen-bond donors (Lipinski definition) is 5. The fraction of sp³-hybridized carbons (Fsp3) is 0.400. The molecule has 0 aliphatic rings. The Morgan fingerprint density at radius 3 is 2.30 bits per heavy atom. The minimum atomic E-state index is -0.956. The molecule has 1 aromatic carbocycles. The molecule has 1 aromatic heterocycles. The van der Waals surface area contributed by atoms with E-state index < -0.39 is 17.9 Å². The van der Waals surface area contributed by atoms with Crippen LogP contribution in [0.3, 0.4) is 0 Å². The van der Waals surface area contributed by atoms with Crippen molar-refractivity contribution in [2.45, 2.75) is 38.6 Å². The highest BCUT2D eigenvalue weighted by molar-refractivity contribution is 5.88. The third kappa shape index (κ3) is 10.2. The number of aliphatic carboxylic acids is 1. The predicted molar refractivity (Wildman–Crippen MR) is 111 cm³/mol. The van der Waals surface area contributed by atoms with Crippen LogP contribution in [0.4, 0.5) is 4.39 Å². The molecule has 166 valence electrons. The number of carbonyl (C=O) groups excluding carboxylic acids is 3. The van der Waals surface area contributed by atoms with Gasteiger partial charge in [-0.1, -0.05) is 18.2 Å². The normalized spacial score (nSPS) is 10.5. The molecule has 10 heteroatoms. The molecule has 9 nitrogen and oxygen atoms in total. The number of rotatable bonds is 8. The number of alkyl halides is 1. The number of primary amides is 1. The standard InChI is InChI=1S/C16H19N3O4.C3H7NO.CH3F/c17-16(23)13(19-14(20)6-3-7-15(21)22)8-10-9-18-12-5-2-1-4-11(10)12;1-3(5)4-2;1-2/h1-2,4-5,9,13,18H,3,6-8H2,(H2,17,23)(H,19,20)(H,21,22);1-2H3,(H,4,5);1H3/t13-;;/m0../s1. The van der Waals surface area contributed by atoms with E-state index in [1.165, 1.54) is 6.92 Å². The largest absolute Gasteiger partial charge is 0.481 e. The second-order valence-corrected chi connectivity index (χ2v) is 6.14. The van der Waals surface area contributed by atoms with Crippen molar-refractivity contribution in [2.24, 2.45) is 5.73 Å². The molecule has 6 N–H and O–H groups in total. The topological polar surface area (TPSA) is 154 Å². The number of aromatic nitrogens is 1. The second-order valence-electron chi connectivity index (χ2n) is 6.14. The van der Waals surface area contributed by atoms with E-state index in [1.807, 2.05) is 24.3 Å². The zero-order valence-corrected chi connectivity index (χ0v) is 17.3. The van der Waals surface area contributed by atoms with Crippen LogP contribution >= 0.6 is 0 Å².